The van der Waals surface area contributed by atoms with Crippen LogP contribution in [0.3, 0.4) is 0 Å². The lowest BCUT2D eigenvalue weighted by atomic mass is 10.0. The zero-order valence-electron chi connectivity index (χ0n) is 36.5. The topological polar surface area (TPSA) is 84.5 Å². The van der Waals surface area contributed by atoms with Gasteiger partial charge in [-0.2, -0.15) is 0 Å². The van der Waals surface area contributed by atoms with Gasteiger partial charge in [0.25, 0.3) is 0 Å². The molecule has 1 unspecified atom stereocenters. The Morgan fingerprint density at radius 3 is 1.40 bits per heavy atom. The van der Waals surface area contributed by atoms with E-state index in [0.717, 1.165) is 32.3 Å². The molecule has 0 aliphatic heterocycles. The third-order valence-corrected chi connectivity index (χ3v) is 10.2. The fraction of sp³-hybridized carbons (Fsp3) is 0.978. The number of carbonyl (C=O) groups is 1. The highest BCUT2D eigenvalue weighted by Crippen LogP contribution is 2.20. The first-order chi connectivity index (χ1) is 25.7. The van der Waals surface area contributed by atoms with Crippen LogP contribution in [0.1, 0.15) is 208 Å². The maximum atomic E-state index is 12.5. The molecule has 0 aromatic heterocycles. The van der Waals surface area contributed by atoms with Crippen LogP contribution >= 0.6 is 0 Å². The first-order valence-corrected chi connectivity index (χ1v) is 22.5. The van der Waals surface area contributed by atoms with Crippen molar-refractivity contribution in [2.24, 2.45) is 0 Å². The summed E-state index contributed by atoms with van der Waals surface area (Å²) in [6.45, 7) is 16.9. The quantitative estimate of drug-likeness (QED) is 0.0621. The second kappa shape index (κ2) is 38.0. The predicted molar refractivity (Wildman–Crippen MR) is 223 cm³/mol. The van der Waals surface area contributed by atoms with Gasteiger partial charge in [-0.15, -0.1) is 0 Å². The first-order valence-electron chi connectivity index (χ1n) is 22.5. The van der Waals surface area contributed by atoms with Gasteiger partial charge in [-0.05, 0) is 53.4 Å². The van der Waals surface area contributed by atoms with Crippen LogP contribution in [0.4, 0.5) is 4.79 Å². The van der Waals surface area contributed by atoms with Crippen LogP contribution in [-0.2, 0) is 28.4 Å². The highest BCUT2D eigenvalue weighted by molar-refractivity contribution is 5.67. The molecular formula is C45H91NO7. The zero-order chi connectivity index (χ0) is 39.1. The molecule has 0 aliphatic rings. The monoisotopic (exact) mass is 758 g/mol. The Morgan fingerprint density at radius 2 is 0.925 bits per heavy atom. The van der Waals surface area contributed by atoms with Gasteiger partial charge in [0.2, 0.25) is 0 Å². The molecule has 1 amide bonds. The Labute approximate surface area is 329 Å². The summed E-state index contributed by atoms with van der Waals surface area (Å²) in [6.07, 6.45) is 32.6. The number of unbranched alkanes of at least 4 members (excludes halogenated alkanes) is 22. The highest BCUT2D eigenvalue weighted by Gasteiger charge is 2.23. The molecule has 318 valence electrons. The number of nitrogens with one attached hydrogen (secondary N) is 1. The number of hydrogen-bond donors (Lipinski definition) is 1. The lowest BCUT2D eigenvalue weighted by Gasteiger charge is -2.29. The van der Waals surface area contributed by atoms with Crippen molar-refractivity contribution in [2.75, 3.05) is 59.9 Å². The number of alkyl carbamates (subject to hydrolysis) is 1. The van der Waals surface area contributed by atoms with Crippen molar-refractivity contribution in [3.63, 3.8) is 0 Å². The Hall–Kier alpha value is -0.930. The van der Waals surface area contributed by atoms with Crippen LogP contribution in [0.2, 0.25) is 0 Å². The third kappa shape index (κ3) is 39.1. The highest BCUT2D eigenvalue weighted by atomic mass is 16.6. The van der Waals surface area contributed by atoms with Crippen LogP contribution in [0.25, 0.3) is 0 Å². The molecule has 0 bridgehead atoms. The Kier molecular flexibility index (Phi) is 37.3. The van der Waals surface area contributed by atoms with Crippen LogP contribution in [0, 0.1) is 0 Å². The lowest BCUT2D eigenvalue weighted by molar-refractivity contribution is -0.0783. The molecular weight excluding hydrogens is 666 g/mol. The van der Waals surface area contributed by atoms with Crippen LogP contribution < -0.4 is 5.32 Å². The van der Waals surface area contributed by atoms with E-state index in [1.54, 1.807) is 7.11 Å². The molecule has 0 aromatic carbocycles. The standard InChI is InChI=1S/C45H91NO7/c1-8-10-12-14-16-18-20-22-24-26-28-30-35-49-40-42(50-36-31-29-27-25-23-21-19-17-15-13-11-9-2)41-51-43(47)46-34-39-53-45(5,6)33-38-52-44(3,4)32-37-48-7/h42H,8-41H2,1-7H3,(H,46,47). The van der Waals surface area contributed by atoms with Gasteiger partial charge >= 0.3 is 6.09 Å². The van der Waals surface area contributed by atoms with Crippen molar-refractivity contribution in [3.05, 3.63) is 0 Å². The lowest BCUT2D eigenvalue weighted by Crippen LogP contribution is -2.36. The molecule has 53 heavy (non-hydrogen) atoms. The van der Waals surface area contributed by atoms with Crippen molar-refractivity contribution in [1.29, 1.82) is 0 Å². The molecule has 0 rings (SSSR count). The Bertz CT molecular complexity index is 763. The third-order valence-electron chi connectivity index (χ3n) is 10.2. The fourth-order valence-corrected chi connectivity index (χ4v) is 6.36. The molecule has 1 N–H and O–H groups in total. The van der Waals surface area contributed by atoms with Gasteiger partial charge in [-0.25, -0.2) is 4.79 Å². The SMILES string of the molecule is CCCCCCCCCCCCCCOCC(COC(=O)NCCOC(C)(C)CCOC(C)(C)CCOC)OCCCCCCCCCCCCCC. The number of ether oxygens (including phenoxy) is 6. The summed E-state index contributed by atoms with van der Waals surface area (Å²) >= 11 is 0. The number of methoxy groups -OCH3 is 1. The maximum absolute atomic E-state index is 12.5. The van der Waals surface area contributed by atoms with Gasteiger partial charge in [-0.3, -0.25) is 0 Å². The average Bonchev–Trinajstić information content (AvgIpc) is 3.13. The molecule has 0 spiro atoms. The van der Waals surface area contributed by atoms with Crippen LogP contribution in [-0.4, -0.2) is 83.3 Å². The number of rotatable bonds is 42. The molecule has 8 heteroatoms. The van der Waals surface area contributed by atoms with Crippen molar-refractivity contribution < 1.29 is 33.2 Å². The average molecular weight is 758 g/mol. The van der Waals surface area contributed by atoms with Crippen molar-refractivity contribution >= 4 is 6.09 Å². The van der Waals surface area contributed by atoms with Gasteiger partial charge in [0.15, 0.2) is 0 Å². The van der Waals surface area contributed by atoms with E-state index in [1.807, 2.05) is 13.8 Å². The molecule has 0 fully saturated rings. The molecule has 0 aromatic rings. The molecule has 0 saturated carbocycles. The van der Waals surface area contributed by atoms with E-state index in [-0.39, 0.29) is 23.9 Å². The summed E-state index contributed by atoms with van der Waals surface area (Å²) in [7, 11) is 1.71. The molecule has 0 aliphatic carbocycles. The van der Waals surface area contributed by atoms with Gasteiger partial charge < -0.3 is 33.7 Å². The van der Waals surface area contributed by atoms with Crippen LogP contribution in [0.15, 0.2) is 0 Å². The van der Waals surface area contributed by atoms with Gasteiger partial charge in [-0.1, -0.05) is 155 Å². The molecule has 0 heterocycles. The van der Waals surface area contributed by atoms with E-state index < -0.39 is 6.09 Å². The molecule has 0 saturated heterocycles. The molecule has 0 radical (unpaired) electrons. The van der Waals surface area contributed by atoms with Gasteiger partial charge in [0.05, 0.1) is 31.0 Å². The summed E-state index contributed by atoms with van der Waals surface area (Å²) < 4.78 is 35.0. The van der Waals surface area contributed by atoms with Gasteiger partial charge in [0, 0.05) is 33.5 Å². The van der Waals surface area contributed by atoms with E-state index in [4.69, 9.17) is 28.4 Å². The van der Waals surface area contributed by atoms with E-state index in [9.17, 15) is 4.79 Å². The molecule has 8 nitrogen and oxygen atoms in total. The summed E-state index contributed by atoms with van der Waals surface area (Å²) in [4.78, 5) is 12.5. The van der Waals surface area contributed by atoms with E-state index >= 15 is 0 Å². The second-order valence-electron chi connectivity index (χ2n) is 16.6. The Balaban J connectivity index is 4.31. The van der Waals surface area contributed by atoms with Crippen molar-refractivity contribution in [3.8, 4) is 0 Å². The zero-order valence-corrected chi connectivity index (χ0v) is 36.5. The summed E-state index contributed by atoms with van der Waals surface area (Å²) in [5.41, 5.74) is -0.594. The van der Waals surface area contributed by atoms with Gasteiger partial charge in [0.1, 0.15) is 12.7 Å². The molecule has 1 atom stereocenters. The minimum Gasteiger partial charge on any atom is -0.447 e. The van der Waals surface area contributed by atoms with Crippen molar-refractivity contribution in [2.45, 2.75) is 226 Å². The van der Waals surface area contributed by atoms with Crippen LogP contribution in [0.5, 0.6) is 0 Å². The van der Waals surface area contributed by atoms with E-state index in [2.05, 4.69) is 33.0 Å². The minimum atomic E-state index is -0.449. The summed E-state index contributed by atoms with van der Waals surface area (Å²) in [5, 5.41) is 2.82. The number of amides is 1. The maximum Gasteiger partial charge on any atom is 0.407 e. The summed E-state index contributed by atoms with van der Waals surface area (Å²) in [5.74, 6) is 0. The summed E-state index contributed by atoms with van der Waals surface area (Å²) in [6, 6.07) is 0. The Morgan fingerprint density at radius 1 is 0.509 bits per heavy atom. The van der Waals surface area contributed by atoms with Crippen molar-refractivity contribution in [1.82, 2.24) is 5.32 Å². The largest absolute Gasteiger partial charge is 0.447 e. The minimum absolute atomic E-state index is 0.186. The smallest absolute Gasteiger partial charge is 0.407 e. The normalized spacial score (nSPS) is 12.7. The van der Waals surface area contributed by atoms with E-state index in [1.165, 1.54) is 141 Å². The fourth-order valence-electron chi connectivity index (χ4n) is 6.36. The first kappa shape index (κ1) is 52.1. The second-order valence-corrected chi connectivity index (χ2v) is 16.6. The number of hydrogen-bond acceptors (Lipinski definition) is 7. The predicted octanol–water partition coefficient (Wildman–Crippen LogP) is 12.5. The van der Waals surface area contributed by atoms with E-state index in [0.29, 0.717) is 39.6 Å². The number of carbonyl (C=O) groups excluding carboxylic acids is 1.